The average Bonchev–Trinajstić information content (AvgIpc) is 3.36. The van der Waals surface area contributed by atoms with E-state index in [1.807, 2.05) is 0 Å². The average molecular weight is 527 g/mol. The number of hydrogen-bond acceptors (Lipinski definition) is 0. The first-order chi connectivity index (χ1) is 20.8. The molecule has 0 bridgehead atoms. The van der Waals surface area contributed by atoms with Crippen molar-refractivity contribution in [1.82, 2.24) is 0 Å². The van der Waals surface area contributed by atoms with E-state index in [0.29, 0.717) is 0 Å². The molecule has 0 spiro atoms. The highest BCUT2D eigenvalue weighted by Gasteiger charge is 2.25. The van der Waals surface area contributed by atoms with Gasteiger partial charge in [0.1, 0.15) is 0 Å². The first kappa shape index (κ1) is 21.3. The Kier molecular flexibility index (Phi) is 3.67. The topological polar surface area (TPSA) is 0 Å². The first-order valence-electron chi connectivity index (χ1n) is 14.8. The summed E-state index contributed by atoms with van der Waals surface area (Å²) in [5.41, 5.74) is 5.42. The second kappa shape index (κ2) is 7.24. The molecule has 190 valence electrons. The molecule has 0 saturated heterocycles. The second-order valence-electron chi connectivity index (χ2n) is 12.0. The monoisotopic (exact) mass is 526 g/mol. The SMILES string of the molecule is c1ccc2c(c1)c1ccccc1c1cc3cc4c(cc3cc21)-c1ccc2c3cccc5cccc(c6ccc-4c1c26)c53. The van der Waals surface area contributed by atoms with Gasteiger partial charge in [-0.2, -0.15) is 0 Å². The van der Waals surface area contributed by atoms with Gasteiger partial charge in [-0.05, 0) is 133 Å². The van der Waals surface area contributed by atoms with Gasteiger partial charge in [-0.3, -0.25) is 0 Å². The third-order valence-corrected chi connectivity index (χ3v) is 10.1. The summed E-state index contributed by atoms with van der Waals surface area (Å²) in [5.74, 6) is 0. The van der Waals surface area contributed by atoms with Gasteiger partial charge in [0.25, 0.3) is 0 Å². The fourth-order valence-corrected chi connectivity index (χ4v) is 8.33. The van der Waals surface area contributed by atoms with Gasteiger partial charge in [-0.25, -0.2) is 0 Å². The number of fused-ring (bicyclic) bond motifs is 12. The van der Waals surface area contributed by atoms with Crippen molar-refractivity contribution in [3.63, 3.8) is 0 Å². The van der Waals surface area contributed by atoms with Crippen molar-refractivity contribution in [3.05, 3.63) is 133 Å². The molecule has 0 fully saturated rings. The van der Waals surface area contributed by atoms with Crippen LogP contribution in [0.1, 0.15) is 0 Å². The van der Waals surface area contributed by atoms with Crippen LogP contribution in [0.2, 0.25) is 0 Å². The second-order valence-corrected chi connectivity index (χ2v) is 12.0. The molecule has 10 aromatic carbocycles. The van der Waals surface area contributed by atoms with Crippen LogP contribution < -0.4 is 0 Å². The zero-order valence-electron chi connectivity index (χ0n) is 22.7. The van der Waals surface area contributed by atoms with Crippen LogP contribution in [0.15, 0.2) is 133 Å². The Hall–Kier alpha value is -5.46. The molecule has 42 heavy (non-hydrogen) atoms. The van der Waals surface area contributed by atoms with E-state index in [4.69, 9.17) is 0 Å². The molecular weight excluding hydrogens is 504 g/mol. The fraction of sp³-hybridized carbons (Fsp3) is 0. The summed E-state index contributed by atoms with van der Waals surface area (Å²) in [6, 6.07) is 50.5. The third kappa shape index (κ3) is 2.43. The molecule has 1 aliphatic carbocycles. The molecule has 0 heteroatoms. The van der Waals surface area contributed by atoms with Crippen LogP contribution in [0.25, 0.3) is 108 Å². The van der Waals surface area contributed by atoms with Crippen LogP contribution in [0.5, 0.6) is 0 Å². The minimum Gasteiger partial charge on any atom is -0.0616 e. The Labute approximate surface area is 241 Å². The Balaban J connectivity index is 1.29. The van der Waals surface area contributed by atoms with Gasteiger partial charge in [0.05, 0.1) is 0 Å². The molecule has 0 atom stereocenters. The fourth-order valence-electron chi connectivity index (χ4n) is 8.33. The van der Waals surface area contributed by atoms with Crippen molar-refractivity contribution in [2.75, 3.05) is 0 Å². The molecule has 0 N–H and O–H groups in total. The molecule has 0 nitrogen and oxygen atoms in total. The summed E-state index contributed by atoms with van der Waals surface area (Å²) < 4.78 is 0. The highest BCUT2D eigenvalue weighted by molar-refractivity contribution is 6.37. The van der Waals surface area contributed by atoms with Gasteiger partial charge < -0.3 is 0 Å². The summed E-state index contributed by atoms with van der Waals surface area (Å²) in [7, 11) is 0. The Bertz CT molecular complexity index is 2650. The summed E-state index contributed by atoms with van der Waals surface area (Å²) >= 11 is 0. The molecule has 0 heterocycles. The molecular formula is C42H22. The van der Waals surface area contributed by atoms with E-state index in [-0.39, 0.29) is 0 Å². The molecule has 0 unspecified atom stereocenters. The largest absolute Gasteiger partial charge is 0.0616 e. The van der Waals surface area contributed by atoms with Gasteiger partial charge in [-0.1, -0.05) is 109 Å². The van der Waals surface area contributed by atoms with Gasteiger partial charge >= 0.3 is 0 Å². The summed E-state index contributed by atoms with van der Waals surface area (Å²) in [5, 5.41) is 21.5. The zero-order chi connectivity index (χ0) is 27.1. The number of rotatable bonds is 0. The minimum atomic E-state index is 1.30. The van der Waals surface area contributed by atoms with E-state index in [9.17, 15) is 0 Å². The molecule has 0 aromatic heterocycles. The molecule has 1 aliphatic rings. The molecule has 10 aromatic rings. The van der Waals surface area contributed by atoms with Gasteiger partial charge in [-0.15, -0.1) is 0 Å². The Morgan fingerprint density at radius 2 is 0.643 bits per heavy atom. The summed E-state index contributed by atoms with van der Waals surface area (Å²) in [6.45, 7) is 0. The first-order valence-corrected chi connectivity index (χ1v) is 14.8. The van der Waals surface area contributed by atoms with Crippen molar-refractivity contribution in [2.45, 2.75) is 0 Å². The lowest BCUT2D eigenvalue weighted by atomic mass is 9.88. The Morgan fingerprint density at radius 3 is 1.14 bits per heavy atom. The molecule has 0 amide bonds. The van der Waals surface area contributed by atoms with E-state index in [0.717, 1.165) is 0 Å². The van der Waals surface area contributed by atoms with E-state index >= 15 is 0 Å². The summed E-state index contributed by atoms with van der Waals surface area (Å²) in [6.07, 6.45) is 0. The van der Waals surface area contributed by atoms with E-state index in [1.54, 1.807) is 0 Å². The predicted octanol–water partition coefficient (Wildman–Crippen LogP) is 12.0. The smallest absolute Gasteiger partial charge is 0.00139 e. The minimum absolute atomic E-state index is 1.30. The number of benzene rings is 10. The maximum Gasteiger partial charge on any atom is -0.00139 e. The van der Waals surface area contributed by atoms with E-state index < -0.39 is 0 Å². The highest BCUT2D eigenvalue weighted by atomic mass is 14.3. The van der Waals surface area contributed by atoms with Crippen molar-refractivity contribution < 1.29 is 0 Å². The van der Waals surface area contributed by atoms with E-state index in [2.05, 4.69) is 133 Å². The lowest BCUT2D eigenvalue weighted by Crippen LogP contribution is -1.87. The van der Waals surface area contributed by atoms with Crippen LogP contribution in [0, 0.1) is 0 Å². The van der Waals surface area contributed by atoms with Crippen LogP contribution in [0.3, 0.4) is 0 Å². The van der Waals surface area contributed by atoms with Crippen molar-refractivity contribution in [3.8, 4) is 22.3 Å². The highest BCUT2D eigenvalue weighted by Crippen LogP contribution is 2.53. The van der Waals surface area contributed by atoms with Crippen LogP contribution in [0.4, 0.5) is 0 Å². The lowest BCUT2D eigenvalue weighted by molar-refractivity contribution is 1.76. The van der Waals surface area contributed by atoms with Gasteiger partial charge in [0.2, 0.25) is 0 Å². The molecule has 0 aliphatic heterocycles. The van der Waals surface area contributed by atoms with Gasteiger partial charge in [0, 0.05) is 0 Å². The predicted molar refractivity (Wildman–Crippen MR) is 182 cm³/mol. The van der Waals surface area contributed by atoms with Crippen molar-refractivity contribution in [2.24, 2.45) is 0 Å². The van der Waals surface area contributed by atoms with Crippen LogP contribution >= 0.6 is 0 Å². The van der Waals surface area contributed by atoms with Crippen LogP contribution in [-0.4, -0.2) is 0 Å². The number of hydrogen-bond donors (Lipinski definition) is 0. The lowest BCUT2D eigenvalue weighted by Gasteiger charge is -2.15. The van der Waals surface area contributed by atoms with Crippen molar-refractivity contribution in [1.29, 1.82) is 0 Å². The molecule has 0 saturated carbocycles. The normalized spacial score (nSPS) is 12.8. The maximum atomic E-state index is 2.45. The standard InChI is InChI=1S/C42H22/c1-3-11-28-26(9-1)27-10-2-4-12-29(27)37-20-25-22-39-35-18-16-33-31-14-6-8-23-7-5-13-30(40(23)31)32-15-17-34(42(35)41(32)33)38(39)21-24(25)19-36(28)37/h1-22H. The third-order valence-electron chi connectivity index (χ3n) is 10.1. The van der Waals surface area contributed by atoms with Gasteiger partial charge in [0.15, 0.2) is 0 Å². The van der Waals surface area contributed by atoms with Crippen LogP contribution in [-0.2, 0) is 0 Å². The Morgan fingerprint density at radius 1 is 0.214 bits per heavy atom. The molecule has 0 radical (unpaired) electrons. The maximum absolute atomic E-state index is 2.45. The zero-order valence-corrected chi connectivity index (χ0v) is 22.7. The molecule has 11 rings (SSSR count). The van der Waals surface area contributed by atoms with Crippen molar-refractivity contribution >= 4 is 86.2 Å². The van der Waals surface area contributed by atoms with E-state index in [1.165, 1.54) is 108 Å². The summed E-state index contributed by atoms with van der Waals surface area (Å²) in [4.78, 5) is 0. The quantitative estimate of drug-likeness (QED) is 0.136.